The Morgan fingerprint density at radius 2 is 1.91 bits per heavy atom. The van der Waals surface area contributed by atoms with E-state index in [2.05, 4.69) is 26.4 Å². The molecule has 0 radical (unpaired) electrons. The molecule has 1 unspecified atom stereocenters. The molecule has 1 aliphatic carbocycles. The summed E-state index contributed by atoms with van der Waals surface area (Å²) in [7, 11) is 0. The Kier molecular flexibility index (Phi) is 9.50. The lowest BCUT2D eigenvalue weighted by Gasteiger charge is -2.36. The molecule has 1 aromatic carbocycles. The summed E-state index contributed by atoms with van der Waals surface area (Å²) in [6.07, 6.45) is 0.105. The second kappa shape index (κ2) is 12.9. The minimum absolute atomic E-state index is 0.0351. The molecule has 1 saturated heterocycles. The Balaban J connectivity index is 1.66. The molecule has 44 heavy (non-hydrogen) atoms. The molecule has 1 aliphatic heterocycles. The first kappa shape index (κ1) is 32.3. The predicted octanol–water partition coefficient (Wildman–Crippen LogP) is 5.08. The molecule has 238 valence electrons. The van der Waals surface area contributed by atoms with Crippen molar-refractivity contribution in [1.82, 2.24) is 20.5 Å². The fourth-order valence-electron chi connectivity index (χ4n) is 4.52. The minimum Gasteiger partial charge on any atom is -0.489 e. The van der Waals surface area contributed by atoms with Crippen LogP contribution in [-0.2, 0) is 4.74 Å². The molecule has 2 aliphatic rings. The summed E-state index contributed by atoms with van der Waals surface area (Å²) in [5.41, 5.74) is -2.15. The Morgan fingerprint density at radius 3 is 2.48 bits per heavy atom. The summed E-state index contributed by atoms with van der Waals surface area (Å²) >= 11 is 0. The van der Waals surface area contributed by atoms with Gasteiger partial charge in [-0.25, -0.2) is 14.6 Å². The molecule has 2 aromatic rings. The van der Waals surface area contributed by atoms with E-state index in [0.29, 0.717) is 12.5 Å². The Morgan fingerprint density at radius 1 is 1.23 bits per heavy atom. The summed E-state index contributed by atoms with van der Waals surface area (Å²) in [5.74, 6) is -0.772. The number of carbonyl (C=O) groups excluding carboxylic acids is 2. The van der Waals surface area contributed by atoms with Crippen LogP contribution in [0.5, 0.6) is 11.5 Å². The third-order valence-corrected chi connectivity index (χ3v) is 7.03. The number of piperidine rings is 1. The molecule has 1 aromatic heterocycles. The molecular formula is C29H35F2N5O8. The first-order chi connectivity index (χ1) is 20.7. The predicted molar refractivity (Wildman–Crippen MR) is 149 cm³/mol. The van der Waals surface area contributed by atoms with Crippen molar-refractivity contribution < 1.29 is 46.9 Å². The van der Waals surface area contributed by atoms with E-state index in [1.807, 2.05) is 0 Å². The van der Waals surface area contributed by atoms with Gasteiger partial charge in [-0.3, -0.25) is 4.79 Å². The number of rotatable bonds is 10. The zero-order chi connectivity index (χ0) is 32.2. The smallest absolute Gasteiger partial charge is 0.408 e. The topological polar surface area (TPSA) is 176 Å². The summed E-state index contributed by atoms with van der Waals surface area (Å²) in [5, 5.41) is 24.5. The number of oxazole rings is 1. The maximum absolute atomic E-state index is 13.6. The monoisotopic (exact) mass is 619 g/mol. The second-order valence-corrected chi connectivity index (χ2v) is 11.8. The van der Waals surface area contributed by atoms with Crippen molar-refractivity contribution in [3.05, 3.63) is 29.7 Å². The van der Waals surface area contributed by atoms with E-state index in [0.717, 1.165) is 17.7 Å². The highest BCUT2D eigenvalue weighted by Crippen LogP contribution is 2.37. The molecule has 0 bridgehead atoms. The number of nitrogens with zero attached hydrogens (tertiary/aromatic N) is 3. The molecule has 15 heteroatoms. The van der Waals surface area contributed by atoms with Crippen LogP contribution in [0.4, 0.5) is 18.4 Å². The van der Waals surface area contributed by atoms with Crippen LogP contribution in [0.1, 0.15) is 75.7 Å². The summed E-state index contributed by atoms with van der Waals surface area (Å²) in [6.45, 7) is 3.89. The van der Waals surface area contributed by atoms with E-state index in [-0.39, 0.29) is 60.3 Å². The molecular weight excluding hydrogens is 584 g/mol. The lowest BCUT2D eigenvalue weighted by atomic mass is 9.89. The van der Waals surface area contributed by atoms with Crippen molar-refractivity contribution in [3.63, 3.8) is 0 Å². The fraction of sp³-hybridized carbons (Fsp3) is 0.552. The molecule has 3 N–H and O–H groups in total. The van der Waals surface area contributed by atoms with Crippen LogP contribution in [0.25, 0.3) is 11.5 Å². The zero-order valence-electron chi connectivity index (χ0n) is 24.8. The number of ether oxygens (including phenoxy) is 3. The quantitative estimate of drug-likeness (QED) is 0.325. The van der Waals surface area contributed by atoms with E-state index in [4.69, 9.17) is 13.9 Å². The molecule has 2 heterocycles. The lowest BCUT2D eigenvalue weighted by molar-refractivity contribution is -0.0515. The van der Waals surface area contributed by atoms with Gasteiger partial charge in [0.1, 0.15) is 11.1 Å². The number of nitrogens with one attached hydrogen (secondary N) is 2. The van der Waals surface area contributed by atoms with Gasteiger partial charge in [-0.05, 0) is 64.7 Å². The van der Waals surface area contributed by atoms with Crippen molar-refractivity contribution in [3.8, 4) is 29.0 Å². The second-order valence-electron chi connectivity index (χ2n) is 11.8. The number of nitriles is 1. The average Bonchev–Trinajstić information content (AvgIpc) is 3.66. The van der Waals surface area contributed by atoms with Crippen LogP contribution >= 0.6 is 0 Å². The van der Waals surface area contributed by atoms with Crippen molar-refractivity contribution >= 4 is 18.1 Å². The first-order valence-electron chi connectivity index (χ1n) is 14.1. The lowest BCUT2D eigenvalue weighted by Crippen LogP contribution is -2.55. The summed E-state index contributed by atoms with van der Waals surface area (Å²) < 4.78 is 47.7. The van der Waals surface area contributed by atoms with Gasteiger partial charge in [0.15, 0.2) is 23.0 Å². The van der Waals surface area contributed by atoms with Gasteiger partial charge < -0.3 is 39.3 Å². The van der Waals surface area contributed by atoms with Crippen LogP contribution in [0.3, 0.4) is 0 Å². The van der Waals surface area contributed by atoms with Gasteiger partial charge in [-0.15, -0.1) is 0 Å². The largest absolute Gasteiger partial charge is 0.489 e. The normalized spacial score (nSPS) is 16.9. The molecule has 4 rings (SSSR count). The number of benzene rings is 1. The van der Waals surface area contributed by atoms with Gasteiger partial charge in [-0.1, -0.05) is 0 Å². The van der Waals surface area contributed by atoms with E-state index in [9.17, 15) is 33.5 Å². The molecule has 0 spiro atoms. The number of hydrogen-bond donors (Lipinski definition) is 3. The number of halogens is 2. The highest BCUT2D eigenvalue weighted by atomic mass is 19.3. The summed E-state index contributed by atoms with van der Waals surface area (Å²) in [4.78, 5) is 43.0. The van der Waals surface area contributed by atoms with Gasteiger partial charge in [0, 0.05) is 31.5 Å². The van der Waals surface area contributed by atoms with Gasteiger partial charge in [0.05, 0.1) is 18.7 Å². The maximum Gasteiger partial charge on any atom is 0.408 e. The van der Waals surface area contributed by atoms with E-state index < -0.39 is 41.9 Å². The van der Waals surface area contributed by atoms with E-state index in [1.165, 1.54) is 18.2 Å². The van der Waals surface area contributed by atoms with Crippen molar-refractivity contribution in [1.29, 1.82) is 5.26 Å². The third kappa shape index (κ3) is 8.27. The van der Waals surface area contributed by atoms with Crippen LogP contribution < -0.4 is 20.1 Å². The molecule has 1 saturated carbocycles. The number of hydrogen-bond acceptors (Lipinski definition) is 9. The standard InChI is InChI=1S/C29H35F2N5O8/c1-16(33-26(38)44-28(2,3)4)22-21(23(37)35-29(15-32)9-11-36(12-10-29)27(39)40)34-24(43-22)18-7-8-19(42-25(30)31)20(13-18)41-14-17-5-6-17/h7-8,13,16-17,25H,5-6,9-12,14H2,1-4H3,(H,33,38)(H,35,37)(H,39,40). The number of aromatic nitrogens is 1. The molecule has 3 amide bonds. The maximum atomic E-state index is 13.6. The highest BCUT2D eigenvalue weighted by Gasteiger charge is 2.39. The van der Waals surface area contributed by atoms with Gasteiger partial charge >= 0.3 is 18.8 Å². The van der Waals surface area contributed by atoms with Crippen molar-refractivity contribution in [2.75, 3.05) is 19.7 Å². The first-order valence-corrected chi connectivity index (χ1v) is 14.1. The van der Waals surface area contributed by atoms with E-state index in [1.54, 1.807) is 27.7 Å². The van der Waals surface area contributed by atoms with Crippen LogP contribution in [-0.4, -0.2) is 70.5 Å². The van der Waals surface area contributed by atoms with Crippen molar-refractivity contribution in [2.24, 2.45) is 5.92 Å². The Bertz CT molecular complexity index is 1420. The number of amides is 3. The third-order valence-electron chi connectivity index (χ3n) is 7.03. The number of carbonyl (C=O) groups is 3. The average molecular weight is 620 g/mol. The van der Waals surface area contributed by atoms with Gasteiger partial charge in [0.25, 0.3) is 5.91 Å². The molecule has 1 atom stereocenters. The van der Waals surface area contributed by atoms with Crippen LogP contribution in [0.2, 0.25) is 0 Å². The number of alkyl carbamates (subject to hydrolysis) is 1. The summed E-state index contributed by atoms with van der Waals surface area (Å²) in [6, 6.07) is 5.23. The number of carboxylic acid groups (broad SMARTS) is 1. The number of alkyl halides is 2. The Labute approximate surface area is 252 Å². The minimum atomic E-state index is -3.08. The Hall–Kier alpha value is -4.61. The van der Waals surface area contributed by atoms with Gasteiger partial charge in [0.2, 0.25) is 5.89 Å². The molecule has 2 fully saturated rings. The van der Waals surface area contributed by atoms with Crippen LogP contribution in [0.15, 0.2) is 22.6 Å². The highest BCUT2D eigenvalue weighted by molar-refractivity contribution is 5.95. The van der Waals surface area contributed by atoms with Crippen LogP contribution in [0, 0.1) is 17.2 Å². The van der Waals surface area contributed by atoms with Crippen molar-refractivity contribution in [2.45, 2.75) is 77.2 Å². The molecule has 13 nitrogen and oxygen atoms in total. The zero-order valence-corrected chi connectivity index (χ0v) is 24.8. The van der Waals surface area contributed by atoms with Gasteiger partial charge in [-0.2, -0.15) is 14.0 Å². The SMILES string of the molecule is CC(NC(=O)OC(C)(C)C)c1oc(-c2ccc(OC(F)F)c(OCC3CC3)c2)nc1C(=O)NC1(C#N)CCN(C(=O)O)CC1. The number of likely N-dealkylation sites (tertiary alicyclic amines) is 1. The fourth-order valence-corrected chi connectivity index (χ4v) is 4.52. The van der Waals surface area contributed by atoms with E-state index >= 15 is 0 Å².